The predicted octanol–water partition coefficient (Wildman–Crippen LogP) is 4.42. The molecule has 1 aromatic heterocycles. The molecule has 1 aliphatic heterocycles. The SMILES string of the molecule is CC(C)c1scnc1NC(=O)C1CCOc2ccc(Cl)cc21. The van der Waals surface area contributed by atoms with Crippen molar-refractivity contribution in [2.75, 3.05) is 11.9 Å². The molecule has 0 saturated heterocycles. The molecule has 6 heteroatoms. The van der Waals surface area contributed by atoms with E-state index in [1.54, 1.807) is 22.9 Å². The third-order valence-electron chi connectivity index (χ3n) is 3.69. The Morgan fingerprint density at radius 1 is 1.50 bits per heavy atom. The van der Waals surface area contributed by atoms with E-state index in [-0.39, 0.29) is 11.8 Å². The summed E-state index contributed by atoms with van der Waals surface area (Å²) in [6, 6.07) is 5.40. The third-order valence-corrected chi connectivity index (χ3v) is 5.05. The van der Waals surface area contributed by atoms with Crippen LogP contribution in [0.2, 0.25) is 5.02 Å². The molecule has 1 aromatic carbocycles. The van der Waals surface area contributed by atoms with E-state index in [1.165, 1.54) is 0 Å². The zero-order chi connectivity index (χ0) is 15.7. The molecular formula is C16H17ClN2O2S. The zero-order valence-electron chi connectivity index (χ0n) is 12.4. The van der Waals surface area contributed by atoms with E-state index in [2.05, 4.69) is 24.1 Å². The van der Waals surface area contributed by atoms with E-state index in [0.717, 1.165) is 16.2 Å². The number of anilines is 1. The third kappa shape index (κ3) is 2.96. The monoisotopic (exact) mass is 336 g/mol. The van der Waals surface area contributed by atoms with Crippen molar-refractivity contribution in [2.24, 2.45) is 0 Å². The van der Waals surface area contributed by atoms with Crippen molar-refractivity contribution in [2.45, 2.75) is 32.1 Å². The molecule has 2 aromatic rings. The molecule has 1 aliphatic rings. The van der Waals surface area contributed by atoms with Crippen molar-refractivity contribution in [1.29, 1.82) is 0 Å². The number of nitrogens with one attached hydrogen (secondary N) is 1. The van der Waals surface area contributed by atoms with Crippen molar-refractivity contribution in [3.8, 4) is 5.75 Å². The zero-order valence-corrected chi connectivity index (χ0v) is 14.0. The van der Waals surface area contributed by atoms with Gasteiger partial charge >= 0.3 is 0 Å². The van der Waals surface area contributed by atoms with E-state index in [1.807, 2.05) is 12.1 Å². The second-order valence-electron chi connectivity index (χ2n) is 5.58. The van der Waals surface area contributed by atoms with Crippen LogP contribution in [0.15, 0.2) is 23.7 Å². The van der Waals surface area contributed by atoms with Gasteiger partial charge < -0.3 is 10.1 Å². The number of hydrogen-bond acceptors (Lipinski definition) is 4. The quantitative estimate of drug-likeness (QED) is 0.902. The second kappa shape index (κ2) is 6.26. The molecule has 4 nitrogen and oxygen atoms in total. The standard InChI is InChI=1S/C16H17ClN2O2S/c1-9(2)14-15(18-8-22-14)19-16(20)11-5-6-21-13-4-3-10(17)7-12(11)13/h3-4,7-9,11H,5-6H2,1-2H3,(H,19,20). The number of carbonyl (C=O) groups is 1. The van der Waals surface area contributed by atoms with Crippen molar-refractivity contribution in [3.63, 3.8) is 0 Å². The van der Waals surface area contributed by atoms with Crippen LogP contribution < -0.4 is 10.1 Å². The van der Waals surface area contributed by atoms with Crippen LogP contribution in [-0.2, 0) is 4.79 Å². The van der Waals surface area contributed by atoms with Crippen molar-refractivity contribution in [3.05, 3.63) is 39.2 Å². The van der Waals surface area contributed by atoms with Gasteiger partial charge in [0.25, 0.3) is 0 Å². The van der Waals surface area contributed by atoms with E-state index < -0.39 is 0 Å². The first-order valence-electron chi connectivity index (χ1n) is 7.22. The van der Waals surface area contributed by atoms with Gasteiger partial charge in [0, 0.05) is 10.6 Å². The van der Waals surface area contributed by atoms with Gasteiger partial charge in [-0.05, 0) is 30.5 Å². The highest BCUT2D eigenvalue weighted by Gasteiger charge is 2.29. The summed E-state index contributed by atoms with van der Waals surface area (Å²) in [5, 5.41) is 3.57. The highest BCUT2D eigenvalue weighted by atomic mass is 35.5. The summed E-state index contributed by atoms with van der Waals surface area (Å²) in [7, 11) is 0. The molecule has 0 radical (unpaired) electrons. The first-order chi connectivity index (χ1) is 10.6. The van der Waals surface area contributed by atoms with Crippen LogP contribution in [-0.4, -0.2) is 17.5 Å². The van der Waals surface area contributed by atoms with Gasteiger partial charge in [-0.1, -0.05) is 25.4 Å². The van der Waals surface area contributed by atoms with Crippen LogP contribution in [0.25, 0.3) is 0 Å². The fraction of sp³-hybridized carbons (Fsp3) is 0.375. The highest BCUT2D eigenvalue weighted by molar-refractivity contribution is 7.10. The summed E-state index contributed by atoms with van der Waals surface area (Å²) in [6.45, 7) is 4.71. The number of amides is 1. The minimum absolute atomic E-state index is 0.0559. The molecule has 0 spiro atoms. The maximum Gasteiger partial charge on any atom is 0.233 e. The first kappa shape index (κ1) is 15.3. The average molecular weight is 337 g/mol. The number of rotatable bonds is 3. The van der Waals surface area contributed by atoms with Crippen LogP contribution in [0.1, 0.15) is 42.5 Å². The van der Waals surface area contributed by atoms with Gasteiger partial charge in [0.1, 0.15) is 11.6 Å². The fourth-order valence-corrected chi connectivity index (χ4v) is 3.54. The Bertz CT molecular complexity index is 699. The molecule has 1 atom stereocenters. The van der Waals surface area contributed by atoms with Gasteiger partial charge in [-0.3, -0.25) is 4.79 Å². The minimum atomic E-state index is -0.260. The van der Waals surface area contributed by atoms with Crippen molar-refractivity contribution >= 4 is 34.7 Å². The molecule has 22 heavy (non-hydrogen) atoms. The van der Waals surface area contributed by atoms with Gasteiger partial charge in [0.15, 0.2) is 0 Å². The molecule has 1 N–H and O–H groups in total. The molecule has 116 valence electrons. The average Bonchev–Trinajstić information content (AvgIpc) is 2.94. The number of nitrogens with zero attached hydrogens (tertiary/aromatic N) is 1. The molecule has 1 unspecified atom stereocenters. The number of ether oxygens (including phenoxy) is 1. The Morgan fingerprint density at radius 3 is 3.09 bits per heavy atom. The second-order valence-corrected chi connectivity index (χ2v) is 6.90. The summed E-state index contributed by atoms with van der Waals surface area (Å²) < 4.78 is 5.60. The van der Waals surface area contributed by atoms with Crippen LogP contribution >= 0.6 is 22.9 Å². The van der Waals surface area contributed by atoms with E-state index in [9.17, 15) is 4.79 Å². The summed E-state index contributed by atoms with van der Waals surface area (Å²) >= 11 is 7.62. The maximum atomic E-state index is 12.7. The molecule has 0 aliphatic carbocycles. The predicted molar refractivity (Wildman–Crippen MR) is 89.1 cm³/mol. The summed E-state index contributed by atoms with van der Waals surface area (Å²) in [6.07, 6.45) is 0.639. The Labute approximate surface area is 138 Å². The van der Waals surface area contributed by atoms with Gasteiger partial charge in [0.05, 0.1) is 22.9 Å². The van der Waals surface area contributed by atoms with Crippen molar-refractivity contribution < 1.29 is 9.53 Å². The highest BCUT2D eigenvalue weighted by Crippen LogP contribution is 2.37. The topological polar surface area (TPSA) is 51.2 Å². The molecule has 2 heterocycles. The number of carbonyl (C=O) groups excluding carboxylic acids is 1. The Hall–Kier alpha value is -1.59. The Balaban J connectivity index is 1.85. The molecule has 0 bridgehead atoms. The molecule has 3 rings (SSSR count). The number of hydrogen-bond donors (Lipinski definition) is 1. The van der Waals surface area contributed by atoms with Gasteiger partial charge in [-0.15, -0.1) is 11.3 Å². The molecule has 0 saturated carbocycles. The lowest BCUT2D eigenvalue weighted by atomic mass is 9.92. The fourth-order valence-electron chi connectivity index (χ4n) is 2.60. The maximum absolute atomic E-state index is 12.7. The largest absolute Gasteiger partial charge is 0.493 e. The Kier molecular flexibility index (Phi) is 4.36. The number of thiazole rings is 1. The number of aromatic nitrogens is 1. The lowest BCUT2D eigenvalue weighted by molar-refractivity contribution is -0.118. The minimum Gasteiger partial charge on any atom is -0.493 e. The summed E-state index contributed by atoms with van der Waals surface area (Å²) in [4.78, 5) is 18.0. The summed E-state index contributed by atoms with van der Waals surface area (Å²) in [5.41, 5.74) is 2.61. The molecular weight excluding hydrogens is 320 g/mol. The number of fused-ring (bicyclic) bond motifs is 1. The number of halogens is 1. The lowest BCUT2D eigenvalue weighted by Crippen LogP contribution is -2.27. The van der Waals surface area contributed by atoms with Gasteiger partial charge in [-0.25, -0.2) is 4.98 Å². The summed E-state index contributed by atoms with van der Waals surface area (Å²) in [5.74, 6) is 1.42. The molecule has 1 amide bonds. The van der Waals surface area contributed by atoms with E-state index >= 15 is 0 Å². The number of benzene rings is 1. The normalized spacial score (nSPS) is 17.0. The van der Waals surface area contributed by atoms with E-state index in [0.29, 0.717) is 29.8 Å². The van der Waals surface area contributed by atoms with Crippen LogP contribution in [0.4, 0.5) is 5.82 Å². The lowest BCUT2D eigenvalue weighted by Gasteiger charge is -2.25. The first-order valence-corrected chi connectivity index (χ1v) is 8.48. The van der Waals surface area contributed by atoms with E-state index in [4.69, 9.17) is 16.3 Å². The van der Waals surface area contributed by atoms with Crippen LogP contribution in [0, 0.1) is 0 Å². The smallest absolute Gasteiger partial charge is 0.233 e. The molecule has 0 fully saturated rings. The van der Waals surface area contributed by atoms with Gasteiger partial charge in [0.2, 0.25) is 5.91 Å². The van der Waals surface area contributed by atoms with Crippen LogP contribution in [0.5, 0.6) is 5.75 Å². The van der Waals surface area contributed by atoms with Gasteiger partial charge in [-0.2, -0.15) is 0 Å². The Morgan fingerprint density at radius 2 is 2.32 bits per heavy atom. The van der Waals surface area contributed by atoms with Crippen LogP contribution in [0.3, 0.4) is 0 Å². The van der Waals surface area contributed by atoms with Crippen molar-refractivity contribution in [1.82, 2.24) is 4.98 Å².